The Balaban J connectivity index is 2.28. The summed E-state index contributed by atoms with van der Waals surface area (Å²) in [6.45, 7) is 13.4. The molecule has 1 aromatic rings. The fourth-order valence-corrected chi connectivity index (χ4v) is 3.30. The first-order chi connectivity index (χ1) is 9.97. The fraction of sp³-hybridized carbons (Fsp3) is 0.765. The van der Waals surface area contributed by atoms with Gasteiger partial charge in [0.15, 0.2) is 5.95 Å². The molecule has 0 spiro atoms. The van der Waals surface area contributed by atoms with E-state index in [4.69, 9.17) is 10.5 Å². The Labute approximate surface area is 132 Å². The van der Waals surface area contributed by atoms with Crippen LogP contribution in [0.5, 0.6) is 0 Å². The van der Waals surface area contributed by atoms with Crippen LogP contribution >= 0.6 is 0 Å². The molecule has 5 heteroatoms. The molecule has 22 heavy (non-hydrogen) atoms. The van der Waals surface area contributed by atoms with Crippen LogP contribution < -0.4 is 11.3 Å². The van der Waals surface area contributed by atoms with Crippen LogP contribution in [0.15, 0.2) is 11.0 Å². The Hall–Kier alpha value is -1.36. The zero-order valence-corrected chi connectivity index (χ0v) is 14.6. The number of nitrogens with two attached hydrogens (primary N) is 1. The van der Waals surface area contributed by atoms with Gasteiger partial charge < -0.3 is 10.5 Å². The van der Waals surface area contributed by atoms with Crippen molar-refractivity contribution in [2.24, 2.45) is 16.7 Å². The van der Waals surface area contributed by atoms with Gasteiger partial charge in [-0.05, 0) is 29.6 Å². The molecular weight excluding hydrogens is 278 g/mol. The van der Waals surface area contributed by atoms with E-state index in [1.54, 1.807) is 6.20 Å². The van der Waals surface area contributed by atoms with Gasteiger partial charge in [0.05, 0.1) is 17.8 Å². The number of nitrogens with zero attached hydrogens (tertiary/aromatic N) is 1. The molecule has 1 aromatic heterocycles. The van der Waals surface area contributed by atoms with Crippen molar-refractivity contribution in [2.75, 3.05) is 5.73 Å². The molecule has 0 radical (unpaired) electrons. The van der Waals surface area contributed by atoms with Gasteiger partial charge in [-0.3, -0.25) is 9.78 Å². The maximum absolute atomic E-state index is 12.1. The highest BCUT2D eigenvalue weighted by molar-refractivity contribution is 5.20. The van der Waals surface area contributed by atoms with E-state index in [1.165, 1.54) is 0 Å². The Morgan fingerprint density at radius 2 is 1.95 bits per heavy atom. The van der Waals surface area contributed by atoms with Crippen molar-refractivity contribution in [3.05, 3.63) is 22.1 Å². The molecule has 1 aliphatic heterocycles. The third kappa shape index (κ3) is 3.88. The van der Waals surface area contributed by atoms with Crippen molar-refractivity contribution in [1.82, 2.24) is 9.97 Å². The van der Waals surface area contributed by atoms with Crippen molar-refractivity contribution in [3.8, 4) is 0 Å². The summed E-state index contributed by atoms with van der Waals surface area (Å²) in [5, 5.41) is 0. The van der Waals surface area contributed by atoms with Crippen molar-refractivity contribution in [2.45, 2.75) is 66.6 Å². The third-order valence-electron chi connectivity index (χ3n) is 4.38. The number of aromatic amines is 1. The van der Waals surface area contributed by atoms with Crippen LogP contribution in [0.25, 0.3) is 0 Å². The third-order valence-corrected chi connectivity index (χ3v) is 4.38. The lowest BCUT2D eigenvalue weighted by Gasteiger charge is -2.34. The molecule has 3 N–H and O–H groups in total. The van der Waals surface area contributed by atoms with Gasteiger partial charge in [0.25, 0.3) is 5.56 Å². The Kier molecular flexibility index (Phi) is 4.39. The van der Waals surface area contributed by atoms with E-state index in [1.807, 2.05) is 0 Å². The average Bonchev–Trinajstić information content (AvgIpc) is 2.69. The molecule has 2 rings (SSSR count). The van der Waals surface area contributed by atoms with E-state index in [0.29, 0.717) is 11.5 Å². The molecule has 0 amide bonds. The highest BCUT2D eigenvalue weighted by Gasteiger charge is 2.44. The Morgan fingerprint density at radius 3 is 2.45 bits per heavy atom. The quantitative estimate of drug-likeness (QED) is 0.878. The molecule has 0 aliphatic carbocycles. The van der Waals surface area contributed by atoms with Gasteiger partial charge in [0, 0.05) is 6.20 Å². The van der Waals surface area contributed by atoms with Crippen LogP contribution in [0.4, 0.5) is 5.95 Å². The molecule has 124 valence electrons. The van der Waals surface area contributed by atoms with Crippen molar-refractivity contribution >= 4 is 5.95 Å². The molecule has 2 heterocycles. The number of aromatic nitrogens is 2. The molecule has 1 saturated heterocycles. The summed E-state index contributed by atoms with van der Waals surface area (Å²) in [5.41, 5.74) is 6.24. The summed E-state index contributed by atoms with van der Waals surface area (Å²) in [6, 6.07) is 0. The molecule has 3 atom stereocenters. The molecule has 1 fully saturated rings. The predicted molar refractivity (Wildman–Crippen MR) is 88.5 cm³/mol. The molecule has 1 unspecified atom stereocenters. The van der Waals surface area contributed by atoms with Crippen LogP contribution in [0.2, 0.25) is 0 Å². The summed E-state index contributed by atoms with van der Waals surface area (Å²) < 4.78 is 6.28. The second-order valence-electron chi connectivity index (χ2n) is 8.69. The monoisotopic (exact) mass is 307 g/mol. The Morgan fingerprint density at radius 1 is 1.32 bits per heavy atom. The summed E-state index contributed by atoms with van der Waals surface area (Å²) in [6.07, 6.45) is 3.33. The summed E-state index contributed by atoms with van der Waals surface area (Å²) in [4.78, 5) is 18.7. The molecule has 0 bridgehead atoms. The predicted octanol–water partition coefficient (Wildman–Crippen LogP) is 3.28. The first-order valence-electron chi connectivity index (χ1n) is 7.97. The standard InChI is InChI=1S/C17H29N3O2/c1-16(2,3)8-13-11(17(4,5)6)7-12(22-13)10-9-19-15(18)20-14(10)21/h9,11-13H,7-8H2,1-6H3,(H3,18,19,20,21)/t11?,12-,13-/m1/s1. The first-order valence-corrected chi connectivity index (χ1v) is 7.97. The van der Waals surface area contributed by atoms with Gasteiger partial charge in [-0.1, -0.05) is 41.5 Å². The topological polar surface area (TPSA) is 81.0 Å². The van der Waals surface area contributed by atoms with Gasteiger partial charge in [-0.25, -0.2) is 4.98 Å². The van der Waals surface area contributed by atoms with Gasteiger partial charge >= 0.3 is 0 Å². The van der Waals surface area contributed by atoms with Gasteiger partial charge in [0.1, 0.15) is 0 Å². The van der Waals surface area contributed by atoms with Crippen LogP contribution in [0.3, 0.4) is 0 Å². The van der Waals surface area contributed by atoms with Crippen LogP contribution in [0.1, 0.15) is 66.1 Å². The summed E-state index contributed by atoms with van der Waals surface area (Å²) in [5.74, 6) is 0.555. The Bertz CT molecular complexity index is 581. The molecule has 0 saturated carbocycles. The summed E-state index contributed by atoms with van der Waals surface area (Å²) in [7, 11) is 0. The lowest BCUT2D eigenvalue weighted by Crippen LogP contribution is -2.31. The second-order valence-corrected chi connectivity index (χ2v) is 8.69. The van der Waals surface area contributed by atoms with E-state index in [-0.39, 0.29) is 34.5 Å². The van der Waals surface area contributed by atoms with Gasteiger partial charge in [0.2, 0.25) is 0 Å². The fourth-order valence-electron chi connectivity index (χ4n) is 3.30. The second kappa shape index (κ2) is 5.69. The summed E-state index contributed by atoms with van der Waals surface area (Å²) >= 11 is 0. The number of hydrogen-bond acceptors (Lipinski definition) is 4. The number of rotatable bonds is 2. The maximum atomic E-state index is 12.1. The number of nitrogen functional groups attached to an aromatic ring is 1. The minimum Gasteiger partial charge on any atom is -0.370 e. The normalized spacial score (nSPS) is 26.4. The number of H-pyrrole nitrogens is 1. The largest absolute Gasteiger partial charge is 0.370 e. The molecule has 1 aliphatic rings. The van der Waals surface area contributed by atoms with Crippen LogP contribution in [-0.2, 0) is 4.74 Å². The first kappa shape index (κ1) is 17.0. The van der Waals surface area contributed by atoms with E-state index in [0.717, 1.165) is 12.8 Å². The van der Waals surface area contributed by atoms with Gasteiger partial charge in [-0.15, -0.1) is 0 Å². The van der Waals surface area contributed by atoms with Crippen molar-refractivity contribution < 1.29 is 4.74 Å². The van der Waals surface area contributed by atoms with Crippen molar-refractivity contribution in [1.29, 1.82) is 0 Å². The zero-order valence-electron chi connectivity index (χ0n) is 14.6. The smallest absolute Gasteiger partial charge is 0.258 e. The van der Waals surface area contributed by atoms with E-state index in [9.17, 15) is 4.79 Å². The number of anilines is 1. The molecular formula is C17H29N3O2. The molecule has 5 nitrogen and oxygen atoms in total. The number of ether oxygens (including phenoxy) is 1. The minimum absolute atomic E-state index is 0.138. The number of nitrogens with one attached hydrogen (secondary N) is 1. The minimum atomic E-state index is -0.201. The van der Waals surface area contributed by atoms with E-state index in [2.05, 4.69) is 51.5 Å². The zero-order chi connectivity index (χ0) is 16.7. The van der Waals surface area contributed by atoms with Crippen LogP contribution in [0, 0.1) is 16.7 Å². The number of hydrogen-bond donors (Lipinski definition) is 2. The van der Waals surface area contributed by atoms with Crippen molar-refractivity contribution in [3.63, 3.8) is 0 Å². The highest BCUT2D eigenvalue weighted by atomic mass is 16.5. The van der Waals surface area contributed by atoms with E-state index >= 15 is 0 Å². The van der Waals surface area contributed by atoms with Gasteiger partial charge in [-0.2, -0.15) is 0 Å². The highest BCUT2D eigenvalue weighted by Crippen LogP contribution is 2.47. The SMILES string of the molecule is CC(C)(C)C[C@H]1O[C@@H](c2cnc(N)[nH]c2=O)CC1C(C)(C)C. The van der Waals surface area contributed by atoms with Crippen LogP contribution in [-0.4, -0.2) is 16.1 Å². The molecule has 0 aromatic carbocycles. The lowest BCUT2D eigenvalue weighted by atomic mass is 9.72. The average molecular weight is 307 g/mol. The lowest BCUT2D eigenvalue weighted by molar-refractivity contribution is -0.00624. The maximum Gasteiger partial charge on any atom is 0.258 e. The van der Waals surface area contributed by atoms with E-state index < -0.39 is 0 Å².